The van der Waals surface area contributed by atoms with Gasteiger partial charge in [-0.2, -0.15) is 0 Å². The van der Waals surface area contributed by atoms with Crippen LogP contribution in [-0.2, 0) is 0 Å². The lowest BCUT2D eigenvalue weighted by molar-refractivity contribution is 1.01. The molecule has 5 nitrogen and oxygen atoms in total. The summed E-state index contributed by atoms with van der Waals surface area (Å²) in [7, 11) is 0. The van der Waals surface area contributed by atoms with Crippen molar-refractivity contribution in [1.82, 2.24) is 20.2 Å². The summed E-state index contributed by atoms with van der Waals surface area (Å²) in [5, 5.41) is 8.65. The Morgan fingerprint density at radius 3 is 2.71 bits per heavy atom. The molecule has 7 heteroatoms. The summed E-state index contributed by atoms with van der Waals surface area (Å²) in [5.74, 6) is 0.385. The van der Waals surface area contributed by atoms with Crippen LogP contribution < -0.4 is 5.73 Å². The maximum absolute atomic E-state index is 5.66. The molecule has 0 aromatic carbocycles. The van der Waals surface area contributed by atoms with Crippen molar-refractivity contribution in [3.8, 4) is 10.7 Å². The van der Waals surface area contributed by atoms with Crippen LogP contribution in [0.3, 0.4) is 0 Å². The topological polar surface area (TPSA) is 77.6 Å². The van der Waals surface area contributed by atoms with Crippen molar-refractivity contribution < 1.29 is 0 Å². The first kappa shape index (κ1) is 9.35. The first-order chi connectivity index (χ1) is 6.81. The third-order valence-corrected chi connectivity index (χ3v) is 3.42. The summed E-state index contributed by atoms with van der Waals surface area (Å²) in [6, 6.07) is 0. The van der Waals surface area contributed by atoms with E-state index in [0.717, 1.165) is 4.34 Å². The number of anilines is 1. The van der Waals surface area contributed by atoms with Crippen LogP contribution >= 0.6 is 23.1 Å². The van der Waals surface area contributed by atoms with Gasteiger partial charge < -0.3 is 5.73 Å². The van der Waals surface area contributed by atoms with Crippen LogP contribution in [-0.4, -0.2) is 26.4 Å². The van der Waals surface area contributed by atoms with E-state index in [9.17, 15) is 0 Å². The molecule has 0 saturated heterocycles. The van der Waals surface area contributed by atoms with Gasteiger partial charge in [0.1, 0.15) is 5.69 Å². The SMILES string of the molecule is CSc1nnc(-c2nccnc2N)s1. The van der Waals surface area contributed by atoms with Gasteiger partial charge in [-0.15, -0.1) is 10.2 Å². The molecular weight excluding hydrogens is 218 g/mol. The summed E-state index contributed by atoms with van der Waals surface area (Å²) in [4.78, 5) is 8.05. The zero-order valence-electron chi connectivity index (χ0n) is 7.34. The Morgan fingerprint density at radius 2 is 2.07 bits per heavy atom. The zero-order valence-corrected chi connectivity index (χ0v) is 8.97. The molecule has 2 heterocycles. The number of aromatic nitrogens is 4. The van der Waals surface area contributed by atoms with Crippen molar-refractivity contribution in [1.29, 1.82) is 0 Å². The summed E-state index contributed by atoms with van der Waals surface area (Å²) in [6.07, 6.45) is 5.09. The van der Waals surface area contributed by atoms with Crippen LogP contribution in [0.1, 0.15) is 0 Å². The molecule has 0 aliphatic rings. The van der Waals surface area contributed by atoms with Crippen LogP contribution in [0.4, 0.5) is 5.82 Å². The van der Waals surface area contributed by atoms with Crippen molar-refractivity contribution >= 4 is 28.9 Å². The van der Waals surface area contributed by atoms with Gasteiger partial charge in [-0.25, -0.2) is 9.97 Å². The fraction of sp³-hybridized carbons (Fsp3) is 0.143. The Kier molecular flexibility index (Phi) is 2.60. The van der Waals surface area contributed by atoms with E-state index in [2.05, 4.69) is 20.2 Å². The van der Waals surface area contributed by atoms with Gasteiger partial charge in [0.25, 0.3) is 0 Å². The van der Waals surface area contributed by atoms with E-state index < -0.39 is 0 Å². The quantitative estimate of drug-likeness (QED) is 0.776. The summed E-state index contributed by atoms with van der Waals surface area (Å²) >= 11 is 3.00. The predicted molar refractivity (Wildman–Crippen MR) is 57.1 cm³/mol. The van der Waals surface area contributed by atoms with Crippen molar-refractivity contribution in [2.24, 2.45) is 0 Å². The zero-order chi connectivity index (χ0) is 9.97. The molecule has 0 aliphatic heterocycles. The highest BCUT2D eigenvalue weighted by molar-refractivity contribution is 8.00. The Balaban J connectivity index is 2.44. The highest BCUT2D eigenvalue weighted by Crippen LogP contribution is 2.28. The van der Waals surface area contributed by atoms with E-state index in [0.29, 0.717) is 16.5 Å². The van der Waals surface area contributed by atoms with Crippen molar-refractivity contribution in [2.45, 2.75) is 4.34 Å². The van der Waals surface area contributed by atoms with E-state index in [4.69, 9.17) is 5.73 Å². The Morgan fingerprint density at radius 1 is 1.29 bits per heavy atom. The largest absolute Gasteiger partial charge is 0.382 e. The van der Waals surface area contributed by atoms with Crippen LogP contribution in [0.5, 0.6) is 0 Å². The van der Waals surface area contributed by atoms with Gasteiger partial charge in [0.05, 0.1) is 0 Å². The highest BCUT2D eigenvalue weighted by atomic mass is 32.2. The monoisotopic (exact) mass is 225 g/mol. The first-order valence-electron chi connectivity index (χ1n) is 3.75. The molecule has 2 aromatic rings. The highest BCUT2D eigenvalue weighted by Gasteiger charge is 2.10. The molecule has 0 amide bonds. The minimum atomic E-state index is 0.385. The number of nitrogens with two attached hydrogens (primary N) is 1. The summed E-state index contributed by atoms with van der Waals surface area (Å²) in [5.41, 5.74) is 6.26. The fourth-order valence-corrected chi connectivity index (χ4v) is 2.18. The average molecular weight is 225 g/mol. The van der Waals surface area contributed by atoms with Crippen molar-refractivity contribution in [3.05, 3.63) is 12.4 Å². The summed E-state index contributed by atoms with van der Waals surface area (Å²) < 4.78 is 0.894. The van der Waals surface area contributed by atoms with E-state index in [1.807, 2.05) is 6.26 Å². The van der Waals surface area contributed by atoms with Gasteiger partial charge in [-0.05, 0) is 6.26 Å². The molecule has 0 atom stereocenters. The molecular formula is C7H7N5S2. The molecule has 0 saturated carbocycles. The normalized spacial score (nSPS) is 10.4. The molecule has 0 unspecified atom stereocenters. The van der Waals surface area contributed by atoms with Gasteiger partial charge in [-0.3, -0.25) is 0 Å². The first-order valence-corrected chi connectivity index (χ1v) is 5.79. The van der Waals surface area contributed by atoms with Gasteiger partial charge in [-0.1, -0.05) is 23.1 Å². The average Bonchev–Trinajstić information content (AvgIpc) is 2.67. The van der Waals surface area contributed by atoms with Gasteiger partial charge in [0.2, 0.25) is 0 Å². The molecule has 2 N–H and O–H groups in total. The standard InChI is InChI=1S/C7H7N5S2/c1-13-7-12-11-6(14-7)4-5(8)10-3-2-9-4/h2-3H,1H3,(H2,8,10). The minimum absolute atomic E-state index is 0.385. The molecule has 72 valence electrons. The van der Waals surface area contributed by atoms with Crippen LogP contribution in [0, 0.1) is 0 Å². The lowest BCUT2D eigenvalue weighted by atomic mass is 10.4. The maximum atomic E-state index is 5.66. The van der Waals surface area contributed by atoms with Crippen LogP contribution in [0.15, 0.2) is 16.7 Å². The van der Waals surface area contributed by atoms with Crippen molar-refractivity contribution in [3.63, 3.8) is 0 Å². The Bertz CT molecular complexity index is 441. The van der Waals surface area contributed by atoms with Gasteiger partial charge in [0, 0.05) is 12.4 Å². The predicted octanol–water partition coefficient (Wildman–Crippen LogP) is 1.30. The number of thioether (sulfide) groups is 1. The second kappa shape index (κ2) is 3.89. The van der Waals surface area contributed by atoms with Crippen molar-refractivity contribution in [2.75, 3.05) is 12.0 Å². The molecule has 0 fully saturated rings. The molecule has 2 aromatic heterocycles. The smallest absolute Gasteiger partial charge is 0.174 e. The number of rotatable bonds is 2. The van der Waals surface area contributed by atoms with E-state index in [-0.39, 0.29) is 0 Å². The number of hydrogen-bond acceptors (Lipinski definition) is 7. The second-order valence-electron chi connectivity index (χ2n) is 2.37. The van der Waals surface area contributed by atoms with E-state index in [1.54, 1.807) is 24.2 Å². The minimum Gasteiger partial charge on any atom is -0.382 e. The number of hydrogen-bond donors (Lipinski definition) is 1. The molecule has 2 rings (SSSR count). The Labute approximate surface area is 88.8 Å². The third-order valence-electron chi connectivity index (χ3n) is 1.51. The third kappa shape index (κ3) is 1.68. The number of nitrogen functional groups attached to an aromatic ring is 1. The molecule has 0 spiro atoms. The lowest BCUT2D eigenvalue weighted by Gasteiger charge is -1.96. The maximum Gasteiger partial charge on any atom is 0.174 e. The van der Waals surface area contributed by atoms with E-state index >= 15 is 0 Å². The molecule has 0 aliphatic carbocycles. The summed E-state index contributed by atoms with van der Waals surface area (Å²) in [6.45, 7) is 0. The molecule has 14 heavy (non-hydrogen) atoms. The molecule has 0 radical (unpaired) electrons. The molecule has 0 bridgehead atoms. The van der Waals surface area contributed by atoms with Gasteiger partial charge >= 0.3 is 0 Å². The number of nitrogens with zero attached hydrogens (tertiary/aromatic N) is 4. The second-order valence-corrected chi connectivity index (χ2v) is 4.40. The van der Waals surface area contributed by atoms with Crippen LogP contribution in [0.25, 0.3) is 10.7 Å². The fourth-order valence-electron chi connectivity index (χ4n) is 0.902. The van der Waals surface area contributed by atoms with E-state index in [1.165, 1.54) is 11.3 Å². The Hall–Kier alpha value is -1.21. The van der Waals surface area contributed by atoms with Gasteiger partial charge in [0.15, 0.2) is 15.2 Å². The lowest BCUT2D eigenvalue weighted by Crippen LogP contribution is -1.95. The van der Waals surface area contributed by atoms with Crippen LogP contribution in [0.2, 0.25) is 0 Å².